The zero-order valence-corrected chi connectivity index (χ0v) is 11.3. The van der Waals surface area contributed by atoms with Crippen molar-refractivity contribution in [2.24, 2.45) is 0 Å². The highest BCUT2D eigenvalue weighted by Gasteiger charge is 2.09. The number of nitrogens with one attached hydrogen (secondary N) is 1. The quantitative estimate of drug-likeness (QED) is 0.820. The fraction of sp³-hybridized carbons (Fsp3) is 0.500. The first-order valence-corrected chi connectivity index (χ1v) is 5.97. The molecule has 1 aromatic rings. The van der Waals surface area contributed by atoms with Crippen LogP contribution in [0.5, 0.6) is 0 Å². The molecule has 2 nitrogen and oxygen atoms in total. The molecular weight excluding hydrogens is 245 g/mol. The molecule has 0 amide bonds. The molecule has 0 saturated carbocycles. The molecule has 90 valence electrons. The number of benzene rings is 1. The van der Waals surface area contributed by atoms with Crippen molar-refractivity contribution in [2.75, 3.05) is 18.5 Å². The molecule has 0 aliphatic heterocycles. The molecule has 0 aromatic heterocycles. The second-order valence-electron chi connectivity index (χ2n) is 4.51. The molecule has 1 aromatic carbocycles. The van der Waals surface area contributed by atoms with Gasteiger partial charge >= 0.3 is 0 Å². The summed E-state index contributed by atoms with van der Waals surface area (Å²) in [6, 6.07) is 5.39. The first-order valence-electron chi connectivity index (χ1n) is 5.21. The number of halogens is 2. The van der Waals surface area contributed by atoms with Gasteiger partial charge in [-0.2, -0.15) is 0 Å². The number of ether oxygens (including phenoxy) is 1. The van der Waals surface area contributed by atoms with Gasteiger partial charge in [-0.1, -0.05) is 23.2 Å². The van der Waals surface area contributed by atoms with Gasteiger partial charge in [0.1, 0.15) is 0 Å². The van der Waals surface area contributed by atoms with Crippen molar-refractivity contribution in [1.82, 2.24) is 0 Å². The lowest BCUT2D eigenvalue weighted by Crippen LogP contribution is -2.23. The zero-order valence-electron chi connectivity index (χ0n) is 9.81. The summed E-state index contributed by atoms with van der Waals surface area (Å²) < 4.78 is 5.58. The highest BCUT2D eigenvalue weighted by Crippen LogP contribution is 2.25. The smallest absolute Gasteiger partial charge is 0.0652 e. The van der Waals surface area contributed by atoms with Crippen molar-refractivity contribution >= 4 is 28.9 Å². The number of rotatable bonds is 4. The SMILES string of the molecule is CC(C)(C)OCCNc1ccc(Cl)cc1Cl. The van der Waals surface area contributed by atoms with Crippen molar-refractivity contribution in [3.8, 4) is 0 Å². The predicted octanol–water partition coefficient (Wildman–Crippen LogP) is 4.22. The standard InChI is InChI=1S/C12H17Cl2NO/c1-12(2,3)16-7-6-15-11-5-4-9(13)8-10(11)14/h4-5,8,15H,6-7H2,1-3H3. The van der Waals surface area contributed by atoms with Crippen molar-refractivity contribution < 1.29 is 4.74 Å². The molecule has 0 bridgehead atoms. The fourth-order valence-corrected chi connectivity index (χ4v) is 1.65. The van der Waals surface area contributed by atoms with Gasteiger partial charge in [-0.25, -0.2) is 0 Å². The van der Waals surface area contributed by atoms with E-state index in [9.17, 15) is 0 Å². The minimum Gasteiger partial charge on any atom is -0.382 e. The van der Waals surface area contributed by atoms with E-state index in [0.29, 0.717) is 16.7 Å². The van der Waals surface area contributed by atoms with Gasteiger partial charge in [-0.3, -0.25) is 0 Å². The maximum atomic E-state index is 6.01. The van der Waals surface area contributed by atoms with Crippen molar-refractivity contribution in [2.45, 2.75) is 26.4 Å². The summed E-state index contributed by atoms with van der Waals surface area (Å²) in [6.45, 7) is 7.45. The highest BCUT2D eigenvalue weighted by atomic mass is 35.5. The van der Waals surface area contributed by atoms with Crippen LogP contribution >= 0.6 is 23.2 Å². The average Bonchev–Trinajstić information content (AvgIpc) is 2.13. The molecule has 0 aliphatic carbocycles. The van der Waals surface area contributed by atoms with E-state index in [2.05, 4.69) is 5.32 Å². The first kappa shape index (κ1) is 13.6. The van der Waals surface area contributed by atoms with Crippen LogP contribution in [0.2, 0.25) is 10.0 Å². The minimum atomic E-state index is -0.106. The van der Waals surface area contributed by atoms with Crippen LogP contribution in [0.15, 0.2) is 18.2 Å². The summed E-state index contributed by atoms with van der Waals surface area (Å²) in [7, 11) is 0. The van der Waals surface area contributed by atoms with Crippen LogP contribution in [0, 0.1) is 0 Å². The topological polar surface area (TPSA) is 21.3 Å². The van der Waals surface area contributed by atoms with Crippen molar-refractivity contribution in [1.29, 1.82) is 0 Å². The molecule has 1 rings (SSSR count). The van der Waals surface area contributed by atoms with Gasteiger partial charge in [0.2, 0.25) is 0 Å². The average molecular weight is 262 g/mol. The van der Waals surface area contributed by atoms with Crippen LogP contribution in [0.3, 0.4) is 0 Å². The fourth-order valence-electron chi connectivity index (χ4n) is 1.18. The predicted molar refractivity (Wildman–Crippen MR) is 70.7 cm³/mol. The largest absolute Gasteiger partial charge is 0.382 e. The molecule has 1 N–H and O–H groups in total. The summed E-state index contributed by atoms with van der Waals surface area (Å²) >= 11 is 11.8. The molecule has 0 spiro atoms. The lowest BCUT2D eigenvalue weighted by atomic mass is 10.2. The van der Waals surface area contributed by atoms with Gasteiger partial charge < -0.3 is 10.1 Å². The summed E-state index contributed by atoms with van der Waals surface area (Å²) in [6.07, 6.45) is 0. The third-order valence-corrected chi connectivity index (χ3v) is 2.43. The Balaban J connectivity index is 2.38. The van der Waals surface area contributed by atoms with Gasteiger partial charge in [0.05, 0.1) is 22.9 Å². The van der Waals surface area contributed by atoms with E-state index in [1.165, 1.54) is 0 Å². The van der Waals surface area contributed by atoms with E-state index in [0.717, 1.165) is 12.2 Å². The van der Waals surface area contributed by atoms with E-state index in [-0.39, 0.29) is 5.60 Å². The summed E-state index contributed by atoms with van der Waals surface area (Å²) in [5, 5.41) is 4.47. The molecule has 0 aliphatic rings. The molecule has 16 heavy (non-hydrogen) atoms. The second-order valence-corrected chi connectivity index (χ2v) is 5.36. The van der Waals surface area contributed by atoms with Gasteiger partial charge in [-0.05, 0) is 39.0 Å². The van der Waals surface area contributed by atoms with E-state index >= 15 is 0 Å². The molecule has 0 fully saturated rings. The Morgan fingerprint density at radius 2 is 1.94 bits per heavy atom. The van der Waals surface area contributed by atoms with E-state index in [4.69, 9.17) is 27.9 Å². The molecular formula is C12H17Cl2NO. The molecule has 4 heteroatoms. The van der Waals surface area contributed by atoms with E-state index in [1.807, 2.05) is 26.8 Å². The maximum absolute atomic E-state index is 6.01. The van der Waals surface area contributed by atoms with Crippen LogP contribution in [0.4, 0.5) is 5.69 Å². The number of anilines is 1. The maximum Gasteiger partial charge on any atom is 0.0652 e. The molecule has 0 heterocycles. The van der Waals surface area contributed by atoms with Crippen LogP contribution in [-0.2, 0) is 4.74 Å². The third-order valence-electron chi connectivity index (χ3n) is 1.88. The van der Waals surface area contributed by atoms with Gasteiger partial charge in [0.15, 0.2) is 0 Å². The minimum absolute atomic E-state index is 0.106. The van der Waals surface area contributed by atoms with Crippen LogP contribution in [0.25, 0.3) is 0 Å². The number of hydrogen-bond donors (Lipinski definition) is 1. The van der Waals surface area contributed by atoms with Crippen molar-refractivity contribution in [3.63, 3.8) is 0 Å². The molecule has 0 saturated heterocycles. The van der Waals surface area contributed by atoms with Gasteiger partial charge in [0, 0.05) is 11.6 Å². The van der Waals surface area contributed by atoms with E-state index in [1.54, 1.807) is 12.1 Å². The monoisotopic (exact) mass is 261 g/mol. The Hall–Kier alpha value is -0.440. The Bertz CT molecular complexity index is 347. The zero-order chi connectivity index (χ0) is 12.2. The second kappa shape index (κ2) is 5.76. The van der Waals surface area contributed by atoms with Crippen LogP contribution in [-0.4, -0.2) is 18.8 Å². The Morgan fingerprint density at radius 1 is 1.25 bits per heavy atom. The van der Waals surface area contributed by atoms with Gasteiger partial charge in [0.25, 0.3) is 0 Å². The summed E-state index contributed by atoms with van der Waals surface area (Å²) in [5.41, 5.74) is 0.773. The summed E-state index contributed by atoms with van der Waals surface area (Å²) in [4.78, 5) is 0. The van der Waals surface area contributed by atoms with E-state index < -0.39 is 0 Å². The Kier molecular flexibility index (Phi) is 4.90. The third kappa shape index (κ3) is 5.06. The molecule has 0 unspecified atom stereocenters. The Morgan fingerprint density at radius 3 is 2.50 bits per heavy atom. The van der Waals surface area contributed by atoms with Gasteiger partial charge in [-0.15, -0.1) is 0 Å². The normalized spacial score (nSPS) is 11.6. The molecule has 0 radical (unpaired) electrons. The lowest BCUT2D eigenvalue weighted by Gasteiger charge is -2.20. The lowest BCUT2D eigenvalue weighted by molar-refractivity contribution is 0.00334. The molecule has 0 atom stereocenters. The number of hydrogen-bond acceptors (Lipinski definition) is 2. The first-order chi connectivity index (χ1) is 7.38. The Labute approximate surface area is 107 Å². The summed E-state index contributed by atoms with van der Waals surface area (Å²) in [5.74, 6) is 0. The van der Waals surface area contributed by atoms with Crippen LogP contribution < -0.4 is 5.32 Å². The van der Waals surface area contributed by atoms with Crippen molar-refractivity contribution in [3.05, 3.63) is 28.2 Å². The highest BCUT2D eigenvalue weighted by molar-refractivity contribution is 6.36. The van der Waals surface area contributed by atoms with Crippen LogP contribution in [0.1, 0.15) is 20.8 Å².